The van der Waals surface area contributed by atoms with Crippen molar-refractivity contribution in [2.75, 3.05) is 0 Å². The molecule has 0 saturated carbocycles. The van der Waals surface area contributed by atoms with Crippen LogP contribution >= 0.6 is 11.3 Å². The number of amides is 1. The van der Waals surface area contributed by atoms with E-state index < -0.39 is 0 Å². The number of thiazole rings is 1. The molecule has 0 spiro atoms. The molecule has 0 aliphatic carbocycles. The number of carbonyl (C=O) groups is 1. The standard InChI is InChI=1S/C13H16N6OS/c1-9(2)19-8-11(16-17-19)6-14-12(20)5-10-7-18-3-4-21-13(18)15-10/h3-4,7-9H,5-6H2,1-2H3,(H,14,20). The topological polar surface area (TPSA) is 77.1 Å². The first-order chi connectivity index (χ1) is 10.1. The van der Waals surface area contributed by atoms with Gasteiger partial charge in [0.25, 0.3) is 0 Å². The zero-order chi connectivity index (χ0) is 14.8. The maximum absolute atomic E-state index is 11.9. The summed E-state index contributed by atoms with van der Waals surface area (Å²) in [6, 6.07) is 0.264. The molecule has 0 aliphatic rings. The van der Waals surface area contributed by atoms with Gasteiger partial charge in [-0.1, -0.05) is 5.21 Å². The van der Waals surface area contributed by atoms with E-state index in [4.69, 9.17) is 0 Å². The van der Waals surface area contributed by atoms with Gasteiger partial charge in [0.15, 0.2) is 4.96 Å². The number of carbonyl (C=O) groups excluding carboxylic acids is 1. The third-order valence-corrected chi connectivity index (χ3v) is 3.81. The Morgan fingerprint density at radius 1 is 1.38 bits per heavy atom. The molecule has 3 aromatic heterocycles. The second-order valence-corrected chi connectivity index (χ2v) is 5.94. The van der Waals surface area contributed by atoms with Gasteiger partial charge in [0.1, 0.15) is 5.69 Å². The Hall–Kier alpha value is -2.22. The van der Waals surface area contributed by atoms with E-state index in [1.807, 2.05) is 42.2 Å². The summed E-state index contributed by atoms with van der Waals surface area (Å²) < 4.78 is 3.69. The van der Waals surface area contributed by atoms with E-state index in [1.165, 1.54) is 0 Å². The molecule has 7 nitrogen and oxygen atoms in total. The van der Waals surface area contributed by atoms with Crippen molar-refractivity contribution in [2.24, 2.45) is 0 Å². The molecule has 110 valence electrons. The monoisotopic (exact) mass is 304 g/mol. The molecule has 21 heavy (non-hydrogen) atoms. The van der Waals surface area contributed by atoms with Gasteiger partial charge < -0.3 is 5.32 Å². The fourth-order valence-corrected chi connectivity index (χ4v) is 2.64. The summed E-state index contributed by atoms with van der Waals surface area (Å²) in [5.74, 6) is -0.0696. The van der Waals surface area contributed by atoms with Gasteiger partial charge >= 0.3 is 0 Å². The average molecular weight is 304 g/mol. The maximum Gasteiger partial charge on any atom is 0.226 e. The van der Waals surface area contributed by atoms with E-state index in [0.717, 1.165) is 16.3 Å². The van der Waals surface area contributed by atoms with Crippen molar-refractivity contribution < 1.29 is 4.79 Å². The zero-order valence-corrected chi connectivity index (χ0v) is 12.7. The normalized spacial score (nSPS) is 11.4. The van der Waals surface area contributed by atoms with Crippen LogP contribution in [0.5, 0.6) is 0 Å². The molecule has 0 saturated heterocycles. The molecule has 1 N–H and O–H groups in total. The SMILES string of the molecule is CC(C)n1cc(CNC(=O)Cc2cn3ccsc3n2)nn1. The summed E-state index contributed by atoms with van der Waals surface area (Å²) in [4.78, 5) is 17.2. The van der Waals surface area contributed by atoms with E-state index in [2.05, 4.69) is 20.6 Å². The van der Waals surface area contributed by atoms with Gasteiger partial charge in [-0.15, -0.1) is 16.4 Å². The Morgan fingerprint density at radius 2 is 2.24 bits per heavy atom. The summed E-state index contributed by atoms with van der Waals surface area (Å²) in [6.07, 6.45) is 5.92. The smallest absolute Gasteiger partial charge is 0.226 e. The molecule has 3 aromatic rings. The Labute approximate surface area is 125 Å². The van der Waals surface area contributed by atoms with Crippen LogP contribution in [0.15, 0.2) is 24.0 Å². The van der Waals surface area contributed by atoms with Crippen molar-refractivity contribution >= 4 is 22.2 Å². The fraction of sp³-hybridized carbons (Fsp3) is 0.385. The highest BCUT2D eigenvalue weighted by molar-refractivity contribution is 7.15. The van der Waals surface area contributed by atoms with Crippen LogP contribution < -0.4 is 5.32 Å². The Balaban J connectivity index is 1.55. The summed E-state index contributed by atoms with van der Waals surface area (Å²) in [6.45, 7) is 4.44. The van der Waals surface area contributed by atoms with Crippen LogP contribution in [0.1, 0.15) is 31.3 Å². The molecule has 0 aliphatic heterocycles. The first-order valence-corrected chi connectivity index (χ1v) is 7.58. The molecule has 0 aromatic carbocycles. The van der Waals surface area contributed by atoms with Crippen LogP contribution in [0.2, 0.25) is 0 Å². The van der Waals surface area contributed by atoms with Crippen LogP contribution in [-0.4, -0.2) is 30.3 Å². The summed E-state index contributed by atoms with van der Waals surface area (Å²) in [7, 11) is 0. The number of imidazole rings is 1. The Kier molecular flexibility index (Phi) is 3.70. The summed E-state index contributed by atoms with van der Waals surface area (Å²) in [5.41, 5.74) is 1.52. The van der Waals surface area contributed by atoms with Crippen LogP contribution in [0.25, 0.3) is 4.96 Å². The van der Waals surface area contributed by atoms with Crippen LogP contribution in [0, 0.1) is 0 Å². The van der Waals surface area contributed by atoms with E-state index in [-0.39, 0.29) is 18.4 Å². The molecule has 3 rings (SSSR count). The molecule has 0 bridgehead atoms. The number of fused-ring (bicyclic) bond motifs is 1. The molecule has 8 heteroatoms. The van der Waals surface area contributed by atoms with E-state index >= 15 is 0 Å². The molecule has 0 radical (unpaired) electrons. The number of hydrogen-bond acceptors (Lipinski definition) is 5. The van der Waals surface area contributed by atoms with E-state index in [0.29, 0.717) is 6.54 Å². The highest BCUT2D eigenvalue weighted by Gasteiger charge is 2.09. The number of rotatable bonds is 5. The largest absolute Gasteiger partial charge is 0.350 e. The minimum atomic E-state index is -0.0696. The van der Waals surface area contributed by atoms with Gasteiger partial charge in [-0.05, 0) is 13.8 Å². The lowest BCUT2D eigenvalue weighted by molar-refractivity contribution is -0.120. The lowest BCUT2D eigenvalue weighted by Gasteiger charge is -2.02. The lowest BCUT2D eigenvalue weighted by Crippen LogP contribution is -2.24. The zero-order valence-electron chi connectivity index (χ0n) is 11.9. The second-order valence-electron chi connectivity index (χ2n) is 5.06. The van der Waals surface area contributed by atoms with Gasteiger partial charge in [0.05, 0.1) is 24.9 Å². The fourth-order valence-electron chi connectivity index (χ4n) is 1.92. The predicted octanol–water partition coefficient (Wildman–Crippen LogP) is 1.43. The van der Waals surface area contributed by atoms with Crippen molar-refractivity contribution in [3.8, 4) is 0 Å². The summed E-state index contributed by atoms with van der Waals surface area (Å²) in [5, 5.41) is 12.8. The van der Waals surface area contributed by atoms with E-state index in [9.17, 15) is 4.79 Å². The first kappa shape index (κ1) is 13.7. The van der Waals surface area contributed by atoms with Crippen LogP contribution in [0.3, 0.4) is 0 Å². The van der Waals surface area contributed by atoms with Crippen LogP contribution in [-0.2, 0) is 17.8 Å². The van der Waals surface area contributed by atoms with Crippen molar-refractivity contribution in [3.05, 3.63) is 35.4 Å². The predicted molar refractivity (Wildman–Crippen MR) is 79.0 cm³/mol. The number of nitrogens with zero attached hydrogens (tertiary/aromatic N) is 5. The third kappa shape index (κ3) is 3.10. The highest BCUT2D eigenvalue weighted by atomic mass is 32.1. The third-order valence-electron chi connectivity index (χ3n) is 3.04. The van der Waals surface area contributed by atoms with Crippen molar-refractivity contribution in [1.82, 2.24) is 29.7 Å². The van der Waals surface area contributed by atoms with Gasteiger partial charge in [-0.3, -0.25) is 9.20 Å². The molecule has 0 unspecified atom stereocenters. The molecule has 0 atom stereocenters. The van der Waals surface area contributed by atoms with E-state index in [1.54, 1.807) is 16.0 Å². The number of aromatic nitrogens is 5. The van der Waals surface area contributed by atoms with Crippen molar-refractivity contribution in [3.63, 3.8) is 0 Å². The molecule has 3 heterocycles. The quantitative estimate of drug-likeness (QED) is 0.773. The van der Waals surface area contributed by atoms with Crippen molar-refractivity contribution in [1.29, 1.82) is 0 Å². The number of hydrogen-bond donors (Lipinski definition) is 1. The number of nitrogens with one attached hydrogen (secondary N) is 1. The van der Waals surface area contributed by atoms with Gasteiger partial charge in [0, 0.05) is 23.8 Å². The highest BCUT2D eigenvalue weighted by Crippen LogP contribution is 2.11. The average Bonchev–Trinajstić information content (AvgIpc) is 3.10. The Bertz CT molecular complexity index is 727. The Morgan fingerprint density at radius 3 is 2.95 bits per heavy atom. The lowest BCUT2D eigenvalue weighted by atomic mass is 10.3. The molecular weight excluding hydrogens is 288 g/mol. The first-order valence-electron chi connectivity index (χ1n) is 6.70. The van der Waals surface area contributed by atoms with Gasteiger partial charge in [-0.2, -0.15) is 0 Å². The minimum absolute atomic E-state index is 0.0696. The summed E-state index contributed by atoms with van der Waals surface area (Å²) >= 11 is 1.55. The van der Waals surface area contributed by atoms with Crippen LogP contribution in [0.4, 0.5) is 0 Å². The maximum atomic E-state index is 11.9. The molecule has 1 amide bonds. The van der Waals surface area contributed by atoms with Gasteiger partial charge in [-0.25, -0.2) is 9.67 Å². The molecule has 0 fully saturated rings. The van der Waals surface area contributed by atoms with Gasteiger partial charge in [0.2, 0.25) is 5.91 Å². The molecular formula is C13H16N6OS. The second kappa shape index (κ2) is 5.65. The minimum Gasteiger partial charge on any atom is -0.350 e. The van der Waals surface area contributed by atoms with Crippen molar-refractivity contribution in [2.45, 2.75) is 32.9 Å².